The highest BCUT2D eigenvalue weighted by molar-refractivity contribution is 7.02. The fourth-order valence-electron chi connectivity index (χ4n) is 15.1. The number of nitrogens with zero attached hydrogens (tertiary/aromatic N) is 2. The van der Waals surface area contributed by atoms with Crippen molar-refractivity contribution in [2.45, 2.75) is 41.5 Å². The van der Waals surface area contributed by atoms with Gasteiger partial charge in [-0.15, -0.1) is 0 Å². The third kappa shape index (κ3) is 5.42. The molecule has 0 bridgehead atoms. The molecule has 0 aliphatic carbocycles. The van der Waals surface area contributed by atoms with Crippen molar-refractivity contribution in [3.05, 3.63) is 228 Å². The van der Waals surface area contributed by atoms with Crippen molar-refractivity contribution in [3.8, 4) is 44.5 Å². The maximum Gasteiger partial charge on any atom is 0.248 e. The molecule has 346 valence electrons. The van der Waals surface area contributed by atoms with Gasteiger partial charge in [0.05, 0.1) is 0 Å². The summed E-state index contributed by atoms with van der Waals surface area (Å²) in [4.78, 5) is 5.03. The summed E-state index contributed by atoms with van der Waals surface area (Å²) in [7, 11) is 0. The van der Waals surface area contributed by atoms with E-state index in [1.807, 2.05) is 0 Å². The van der Waals surface area contributed by atoms with Gasteiger partial charge in [-0.05, 0) is 223 Å². The molecule has 12 aromatic rings. The number of aryl methyl sites for hydroxylation is 6. The van der Waals surface area contributed by atoms with Crippen molar-refractivity contribution in [1.29, 1.82) is 0 Å². The molecule has 0 atom stereocenters. The molecular weight excluding hydrogens is 890 g/mol. The van der Waals surface area contributed by atoms with Gasteiger partial charge in [-0.2, -0.15) is 0 Å². The van der Waals surface area contributed by atoms with Gasteiger partial charge in [-0.25, -0.2) is 0 Å². The van der Waals surface area contributed by atoms with Crippen LogP contribution in [0.4, 0.5) is 34.1 Å². The number of benzene rings is 12. The Morgan fingerprint density at radius 2 is 0.649 bits per heavy atom. The fourth-order valence-corrected chi connectivity index (χ4v) is 15.1. The predicted octanol–water partition coefficient (Wildman–Crippen LogP) is 14.3. The minimum atomic E-state index is 0.0164. The Morgan fingerprint density at radius 3 is 1.05 bits per heavy atom. The lowest BCUT2D eigenvalue weighted by atomic mass is 9.31. The van der Waals surface area contributed by atoms with E-state index in [1.165, 1.54) is 177 Å². The SMILES string of the molecule is Cc1cc(C)c(-c2cc3c4c(cc5c(-c6c(C)cc(C)cc6C)cc6c7c(cc2c4c57)B2c4ccccc4N(c4ccccc4)c4cccc-6c42)B2c4ccccc4N(c4ccccc4)c4cccc-3c42)c(C)c1. The molecule has 4 heteroatoms. The number of hydrogen-bond donors (Lipinski definition) is 0. The maximum atomic E-state index is 2.68. The monoisotopic (exact) mass is 940 g/mol. The van der Waals surface area contributed by atoms with E-state index < -0.39 is 0 Å². The lowest BCUT2D eigenvalue weighted by molar-refractivity contribution is 1.29. The van der Waals surface area contributed by atoms with Crippen molar-refractivity contribution in [2.24, 2.45) is 0 Å². The lowest BCUT2D eigenvalue weighted by Crippen LogP contribution is -2.60. The van der Waals surface area contributed by atoms with Gasteiger partial charge in [0.25, 0.3) is 0 Å². The summed E-state index contributed by atoms with van der Waals surface area (Å²) >= 11 is 0. The quantitative estimate of drug-likeness (QED) is 0.128. The first-order chi connectivity index (χ1) is 36.2. The van der Waals surface area contributed by atoms with Gasteiger partial charge in [0, 0.05) is 34.1 Å². The molecule has 0 fully saturated rings. The zero-order chi connectivity index (χ0) is 49.4. The van der Waals surface area contributed by atoms with Crippen LogP contribution in [0.2, 0.25) is 0 Å². The molecule has 16 rings (SSSR count). The number of fused-ring (bicyclic) bond motifs is 8. The molecule has 0 saturated carbocycles. The third-order valence-corrected chi connectivity index (χ3v) is 17.5. The van der Waals surface area contributed by atoms with Crippen LogP contribution in [0.3, 0.4) is 0 Å². The smallest absolute Gasteiger partial charge is 0.248 e. The largest absolute Gasteiger partial charge is 0.312 e. The molecule has 4 aliphatic heterocycles. The van der Waals surface area contributed by atoms with Crippen LogP contribution in [-0.2, 0) is 0 Å². The molecule has 0 amide bonds. The number of anilines is 6. The molecule has 0 spiro atoms. The summed E-state index contributed by atoms with van der Waals surface area (Å²) < 4.78 is 0. The van der Waals surface area contributed by atoms with Gasteiger partial charge in [0.2, 0.25) is 13.4 Å². The zero-order valence-corrected chi connectivity index (χ0v) is 42.5. The number of hydrogen-bond acceptors (Lipinski definition) is 2. The van der Waals surface area contributed by atoms with Crippen LogP contribution in [0, 0.1) is 41.5 Å². The first kappa shape index (κ1) is 42.0. The van der Waals surface area contributed by atoms with Gasteiger partial charge >= 0.3 is 0 Å². The Morgan fingerprint density at radius 1 is 0.284 bits per heavy atom. The van der Waals surface area contributed by atoms with Gasteiger partial charge in [0.1, 0.15) is 0 Å². The van der Waals surface area contributed by atoms with E-state index in [1.54, 1.807) is 0 Å². The minimum Gasteiger partial charge on any atom is -0.312 e. The molecule has 0 saturated heterocycles. The third-order valence-electron chi connectivity index (χ3n) is 17.5. The molecular formula is C70H50B2N2. The van der Waals surface area contributed by atoms with Crippen molar-refractivity contribution < 1.29 is 0 Å². The highest BCUT2D eigenvalue weighted by Crippen LogP contribution is 2.53. The van der Waals surface area contributed by atoms with Gasteiger partial charge in [0.15, 0.2) is 0 Å². The van der Waals surface area contributed by atoms with Crippen LogP contribution in [0.5, 0.6) is 0 Å². The first-order valence-corrected chi connectivity index (χ1v) is 26.4. The second kappa shape index (κ2) is 15.0. The van der Waals surface area contributed by atoms with E-state index in [-0.39, 0.29) is 13.4 Å². The Hall–Kier alpha value is -8.59. The predicted molar refractivity (Wildman–Crippen MR) is 319 cm³/mol. The first-order valence-electron chi connectivity index (χ1n) is 26.4. The van der Waals surface area contributed by atoms with Crippen molar-refractivity contribution >= 4 is 113 Å². The second-order valence-corrected chi connectivity index (χ2v) is 21.8. The van der Waals surface area contributed by atoms with Crippen LogP contribution < -0.4 is 42.6 Å². The summed E-state index contributed by atoms with van der Waals surface area (Å²) in [6.45, 7) is 13.9. The maximum absolute atomic E-state index is 2.68. The Labute approximate surface area is 433 Å². The average molecular weight is 941 g/mol. The Bertz CT molecular complexity index is 4130. The summed E-state index contributed by atoms with van der Waals surface area (Å²) in [5.41, 5.74) is 34.0. The summed E-state index contributed by atoms with van der Waals surface area (Å²) in [5.74, 6) is 0. The van der Waals surface area contributed by atoms with Crippen molar-refractivity contribution in [1.82, 2.24) is 0 Å². The molecule has 4 heterocycles. The van der Waals surface area contributed by atoms with Crippen molar-refractivity contribution in [3.63, 3.8) is 0 Å². The van der Waals surface area contributed by atoms with Gasteiger partial charge in [-0.3, -0.25) is 0 Å². The normalized spacial score (nSPS) is 13.4. The number of para-hydroxylation sites is 4. The summed E-state index contributed by atoms with van der Waals surface area (Å²) in [6, 6.07) is 74.8. The Balaban J connectivity index is 1.14. The van der Waals surface area contributed by atoms with Crippen LogP contribution in [0.25, 0.3) is 76.8 Å². The van der Waals surface area contributed by atoms with E-state index >= 15 is 0 Å². The minimum absolute atomic E-state index is 0.0164. The summed E-state index contributed by atoms with van der Waals surface area (Å²) in [5, 5.41) is 8.24. The molecule has 4 aliphatic rings. The van der Waals surface area contributed by atoms with Crippen molar-refractivity contribution in [2.75, 3.05) is 9.80 Å². The van der Waals surface area contributed by atoms with E-state index in [2.05, 4.69) is 245 Å². The molecule has 74 heavy (non-hydrogen) atoms. The number of rotatable bonds is 4. The van der Waals surface area contributed by atoms with Crippen LogP contribution in [-0.4, -0.2) is 13.4 Å². The highest BCUT2D eigenvalue weighted by Gasteiger charge is 2.45. The molecule has 12 aromatic carbocycles. The van der Waals surface area contributed by atoms with Crippen LogP contribution in [0.1, 0.15) is 33.4 Å². The molecule has 0 radical (unpaired) electrons. The molecule has 0 aromatic heterocycles. The standard InChI is InChI=1S/C70H50B2N2/c1-39-31-41(3)63(42(4)32-39)51-35-49-47-23-17-29-61-69(47)72(56-26-14-16-28-60(56)73(61)45-19-9-7-10-20-45)58-38-54-52(64-43(5)33-40(2)34-44(64)6)36-50-48-24-18-30-62-70(48)71(57-37-53(51)67(65(49)58)68(54)66(50)57)55-25-13-15-27-59(55)74(62)46-21-11-8-12-22-46/h7-38H,1-6H3. The van der Waals surface area contributed by atoms with E-state index in [4.69, 9.17) is 0 Å². The second-order valence-electron chi connectivity index (χ2n) is 21.8. The fraction of sp³-hybridized carbons (Fsp3) is 0.0857. The van der Waals surface area contributed by atoms with Gasteiger partial charge < -0.3 is 9.80 Å². The average Bonchev–Trinajstić information content (AvgIpc) is 3.54. The lowest BCUT2D eigenvalue weighted by Gasteiger charge is -2.42. The molecule has 0 N–H and O–H groups in total. The van der Waals surface area contributed by atoms with Crippen LogP contribution in [0.15, 0.2) is 194 Å². The molecule has 2 nitrogen and oxygen atoms in total. The van der Waals surface area contributed by atoms with E-state index in [0.29, 0.717) is 0 Å². The topological polar surface area (TPSA) is 6.48 Å². The summed E-state index contributed by atoms with van der Waals surface area (Å²) in [6.07, 6.45) is 0. The highest BCUT2D eigenvalue weighted by atomic mass is 15.2. The van der Waals surface area contributed by atoms with E-state index in [9.17, 15) is 0 Å². The van der Waals surface area contributed by atoms with Crippen LogP contribution >= 0.6 is 0 Å². The molecule has 0 unspecified atom stereocenters. The Kier molecular flexibility index (Phi) is 8.51. The van der Waals surface area contributed by atoms with E-state index in [0.717, 1.165) is 0 Å². The zero-order valence-electron chi connectivity index (χ0n) is 42.5. The van der Waals surface area contributed by atoms with Gasteiger partial charge in [-0.1, -0.05) is 156 Å².